The highest BCUT2D eigenvalue weighted by molar-refractivity contribution is 7.93. The van der Waals surface area contributed by atoms with Crippen molar-refractivity contribution >= 4 is 32.5 Å². The number of nitrogens with zero attached hydrogens (tertiary/aromatic N) is 2. The van der Waals surface area contributed by atoms with Crippen LogP contribution in [0.15, 0.2) is 35.2 Å². The number of pyridine rings is 1. The summed E-state index contributed by atoms with van der Waals surface area (Å²) < 4.78 is 25.6. The van der Waals surface area contributed by atoms with E-state index in [2.05, 4.69) is 9.23 Å². The van der Waals surface area contributed by atoms with Crippen molar-refractivity contribution < 1.29 is 8.42 Å². The van der Waals surface area contributed by atoms with E-state index in [-0.39, 0.29) is 4.90 Å². The van der Waals surface area contributed by atoms with Gasteiger partial charge in [-0.3, -0.25) is 0 Å². The van der Waals surface area contributed by atoms with Crippen molar-refractivity contribution in [3.63, 3.8) is 0 Å². The molecule has 0 amide bonds. The minimum atomic E-state index is -3.76. The van der Waals surface area contributed by atoms with Crippen LogP contribution in [0.3, 0.4) is 0 Å². The third kappa shape index (κ3) is 1.85. The smallest absolute Gasteiger partial charge is 0.236 e. The summed E-state index contributed by atoms with van der Waals surface area (Å²) in [6, 6.07) is 7.65. The number of sulfonamides is 1. The van der Waals surface area contributed by atoms with Gasteiger partial charge in [-0.1, -0.05) is 11.6 Å². The molecule has 1 aromatic heterocycles. The monoisotopic (exact) mass is 253 g/mol. The summed E-state index contributed by atoms with van der Waals surface area (Å²) in [4.78, 5) is 4.07. The van der Waals surface area contributed by atoms with Crippen LogP contribution in [-0.2, 0) is 10.0 Å². The lowest BCUT2D eigenvalue weighted by atomic mass is 10.2. The van der Waals surface area contributed by atoms with E-state index in [0.29, 0.717) is 16.1 Å². The highest BCUT2D eigenvalue weighted by Gasteiger charge is 2.22. The lowest BCUT2D eigenvalue weighted by molar-refractivity contribution is 0.604. The maximum absolute atomic E-state index is 11.4. The number of benzene rings is 1. The van der Waals surface area contributed by atoms with Gasteiger partial charge in [0.25, 0.3) is 6.57 Å². The Morgan fingerprint density at radius 1 is 1.25 bits per heavy atom. The first-order valence-corrected chi connectivity index (χ1v) is 6.08. The lowest BCUT2D eigenvalue weighted by Crippen LogP contribution is -1.93. The first-order valence-electron chi connectivity index (χ1n) is 4.26. The van der Waals surface area contributed by atoms with Crippen LogP contribution in [0, 0.1) is 6.57 Å². The van der Waals surface area contributed by atoms with Crippen LogP contribution >= 0.6 is 11.6 Å². The van der Waals surface area contributed by atoms with E-state index in [9.17, 15) is 8.42 Å². The molecule has 80 valence electrons. The molecule has 2 rings (SSSR count). The molecule has 2 aromatic rings. The van der Waals surface area contributed by atoms with Gasteiger partial charge in [-0.15, -0.1) is 8.42 Å². The SMILES string of the molecule is C#[N+]S(=O)(=O)c1ccc2nc(Cl)ccc2c1. The Morgan fingerprint density at radius 3 is 2.69 bits per heavy atom. The first kappa shape index (κ1) is 10.9. The van der Waals surface area contributed by atoms with Gasteiger partial charge < -0.3 is 0 Å². The van der Waals surface area contributed by atoms with Gasteiger partial charge >= 0.3 is 10.0 Å². The standard InChI is InChI=1S/C10H6ClN2O2S/c1-12-16(14,15)8-3-4-9-7(6-8)2-5-10(11)13-9/h1-6H/q+1. The predicted molar refractivity (Wildman–Crippen MR) is 62.2 cm³/mol. The molecule has 1 aromatic carbocycles. The Hall–Kier alpha value is -1.64. The normalized spacial score (nSPS) is 11.2. The Labute approximate surface area is 97.4 Å². The molecule has 16 heavy (non-hydrogen) atoms. The van der Waals surface area contributed by atoms with E-state index in [4.69, 9.17) is 18.2 Å². The summed E-state index contributed by atoms with van der Waals surface area (Å²) >= 11 is 5.71. The third-order valence-corrected chi connectivity index (χ3v) is 3.40. The summed E-state index contributed by atoms with van der Waals surface area (Å²) in [6.45, 7) is 4.81. The second-order valence-corrected chi connectivity index (χ2v) is 5.09. The van der Waals surface area contributed by atoms with Crippen LogP contribution in [0.25, 0.3) is 15.2 Å². The van der Waals surface area contributed by atoms with Gasteiger partial charge in [0.15, 0.2) is 4.90 Å². The number of rotatable bonds is 1. The van der Waals surface area contributed by atoms with Crippen molar-refractivity contribution in [3.8, 4) is 6.57 Å². The highest BCUT2D eigenvalue weighted by Crippen LogP contribution is 2.20. The van der Waals surface area contributed by atoms with Gasteiger partial charge in [0.05, 0.1) is 9.77 Å². The van der Waals surface area contributed by atoms with E-state index < -0.39 is 10.0 Å². The lowest BCUT2D eigenvalue weighted by Gasteiger charge is -1.97. The Morgan fingerprint density at radius 2 is 2.00 bits per heavy atom. The molecule has 0 aliphatic carbocycles. The highest BCUT2D eigenvalue weighted by atomic mass is 35.5. The number of halogens is 1. The van der Waals surface area contributed by atoms with Crippen LogP contribution in [-0.4, -0.2) is 13.4 Å². The van der Waals surface area contributed by atoms with Crippen LogP contribution in [0.5, 0.6) is 0 Å². The Bertz CT molecular complexity index is 704. The molecule has 0 unspecified atom stereocenters. The average molecular weight is 254 g/mol. The van der Waals surface area contributed by atoms with Crippen molar-refractivity contribution in [1.29, 1.82) is 0 Å². The van der Waals surface area contributed by atoms with Crippen LogP contribution in [0.2, 0.25) is 5.15 Å². The minimum Gasteiger partial charge on any atom is -0.236 e. The summed E-state index contributed by atoms with van der Waals surface area (Å²) in [5.74, 6) is 0. The quantitative estimate of drug-likeness (QED) is 0.734. The largest absolute Gasteiger partial charge is 0.510 e. The van der Waals surface area contributed by atoms with Gasteiger partial charge in [-0.2, -0.15) is 0 Å². The molecule has 6 heteroatoms. The molecule has 0 bridgehead atoms. The summed E-state index contributed by atoms with van der Waals surface area (Å²) in [5.41, 5.74) is 0.614. The van der Waals surface area contributed by atoms with E-state index in [1.807, 2.05) is 0 Å². The zero-order valence-electron chi connectivity index (χ0n) is 7.96. The minimum absolute atomic E-state index is 0.0339. The van der Waals surface area contributed by atoms with Crippen LogP contribution in [0.1, 0.15) is 0 Å². The van der Waals surface area contributed by atoms with Crippen molar-refractivity contribution in [2.24, 2.45) is 0 Å². The zero-order chi connectivity index (χ0) is 11.8. The topological polar surface area (TPSA) is 51.4 Å². The molecule has 0 aliphatic heterocycles. The van der Waals surface area contributed by atoms with Crippen molar-refractivity contribution in [1.82, 2.24) is 4.98 Å². The van der Waals surface area contributed by atoms with Crippen molar-refractivity contribution in [2.75, 3.05) is 0 Å². The maximum atomic E-state index is 11.4. The molecule has 0 radical (unpaired) electrons. The van der Waals surface area contributed by atoms with Crippen molar-refractivity contribution in [2.45, 2.75) is 4.90 Å². The van der Waals surface area contributed by atoms with Crippen LogP contribution in [0.4, 0.5) is 0 Å². The fourth-order valence-electron chi connectivity index (χ4n) is 1.30. The average Bonchev–Trinajstić information content (AvgIpc) is 2.28. The van der Waals surface area contributed by atoms with Gasteiger partial charge in [0, 0.05) is 5.39 Å². The van der Waals surface area contributed by atoms with Crippen molar-refractivity contribution in [3.05, 3.63) is 39.7 Å². The molecular formula is C10H6ClN2O2S+. The summed E-state index contributed by atoms with van der Waals surface area (Å²) in [7, 11) is -3.76. The Balaban J connectivity index is 2.72. The second-order valence-electron chi connectivity index (χ2n) is 3.07. The molecular weight excluding hydrogens is 248 g/mol. The van der Waals surface area contributed by atoms with Gasteiger partial charge in [-0.25, -0.2) is 4.98 Å². The number of hydrogen-bond donors (Lipinski definition) is 0. The van der Waals surface area contributed by atoms with E-state index in [1.165, 1.54) is 12.1 Å². The fraction of sp³-hybridized carbons (Fsp3) is 0. The fourth-order valence-corrected chi connectivity index (χ4v) is 2.09. The Kier molecular flexibility index (Phi) is 2.54. The van der Waals surface area contributed by atoms with Gasteiger partial charge in [-0.05, 0) is 30.3 Å². The van der Waals surface area contributed by atoms with E-state index in [0.717, 1.165) is 0 Å². The van der Waals surface area contributed by atoms with E-state index in [1.54, 1.807) is 18.2 Å². The maximum Gasteiger partial charge on any atom is 0.510 e. The number of fused-ring (bicyclic) bond motifs is 1. The van der Waals surface area contributed by atoms with Gasteiger partial charge in [0.2, 0.25) is 0 Å². The molecule has 0 saturated heterocycles. The third-order valence-electron chi connectivity index (χ3n) is 2.06. The zero-order valence-corrected chi connectivity index (χ0v) is 9.53. The van der Waals surface area contributed by atoms with E-state index >= 15 is 0 Å². The number of aromatic nitrogens is 1. The summed E-state index contributed by atoms with van der Waals surface area (Å²) in [6.07, 6.45) is 0. The van der Waals surface area contributed by atoms with Crippen LogP contribution < -0.4 is 0 Å². The molecule has 1 heterocycles. The molecule has 0 aliphatic rings. The molecule has 0 spiro atoms. The molecule has 0 atom stereocenters. The molecule has 0 N–H and O–H groups in total. The predicted octanol–water partition coefficient (Wildman–Crippen LogP) is 2.54. The summed E-state index contributed by atoms with van der Waals surface area (Å²) in [5, 5.41) is 1.01. The molecule has 0 fully saturated rings. The van der Waals surface area contributed by atoms with Gasteiger partial charge in [0.1, 0.15) is 5.15 Å². The second kappa shape index (κ2) is 3.74. The number of hydrogen-bond acceptors (Lipinski definition) is 3. The molecule has 0 saturated carbocycles. The molecule has 4 nitrogen and oxygen atoms in total. The first-order chi connectivity index (χ1) is 7.53.